The summed E-state index contributed by atoms with van der Waals surface area (Å²) in [5.74, 6) is -1.11. The maximum absolute atomic E-state index is 13.3. The second-order valence-corrected chi connectivity index (χ2v) is 6.16. The van der Waals surface area contributed by atoms with Crippen LogP contribution in [-0.4, -0.2) is 9.85 Å². The summed E-state index contributed by atoms with van der Waals surface area (Å²) in [6.45, 7) is 1.67. The number of halogens is 2. The molecule has 0 spiro atoms. The van der Waals surface area contributed by atoms with Crippen LogP contribution >= 0.6 is 0 Å². The second-order valence-electron chi connectivity index (χ2n) is 6.16. The molecule has 0 N–H and O–H groups in total. The molecule has 8 heteroatoms. The number of hydrogen-bond donors (Lipinski definition) is 0. The van der Waals surface area contributed by atoms with E-state index in [0.717, 1.165) is 30.5 Å². The summed E-state index contributed by atoms with van der Waals surface area (Å²) >= 11 is 0. The lowest BCUT2D eigenvalue weighted by Gasteiger charge is -2.08. The Bertz CT molecular complexity index is 821. The summed E-state index contributed by atoms with van der Waals surface area (Å²) in [5.41, 5.74) is 0.663. The van der Waals surface area contributed by atoms with Crippen molar-refractivity contribution in [2.45, 2.75) is 38.5 Å². The van der Waals surface area contributed by atoms with Gasteiger partial charge in [-0.15, -0.1) is 0 Å². The Morgan fingerprint density at radius 3 is 1.85 bits per heavy atom. The van der Waals surface area contributed by atoms with Crippen LogP contribution in [0.2, 0.25) is 0 Å². The third-order valence-electron chi connectivity index (χ3n) is 4.29. The molecule has 2 aromatic rings. The zero-order valence-corrected chi connectivity index (χ0v) is 14.2. The van der Waals surface area contributed by atoms with Crippen molar-refractivity contribution in [3.05, 3.63) is 79.4 Å². The molecular formula is C18H18F2N2O4. The Balaban J connectivity index is 0.000000197. The molecule has 1 fully saturated rings. The SMILES string of the molecule is Cc1ccc([N+](=O)[O-])c(F)c1.O=[N+]([O-])c1ccc(C2CCCC2)cc1F. The summed E-state index contributed by atoms with van der Waals surface area (Å²) in [5, 5.41) is 20.5. The number of nitro benzene ring substituents is 2. The van der Waals surface area contributed by atoms with E-state index in [1.807, 2.05) is 0 Å². The van der Waals surface area contributed by atoms with Crippen LogP contribution in [0.25, 0.3) is 0 Å². The highest BCUT2D eigenvalue weighted by Crippen LogP contribution is 2.35. The summed E-state index contributed by atoms with van der Waals surface area (Å²) in [4.78, 5) is 19.1. The van der Waals surface area contributed by atoms with Crippen LogP contribution in [0.4, 0.5) is 20.2 Å². The van der Waals surface area contributed by atoms with Gasteiger partial charge in [0.2, 0.25) is 11.6 Å². The smallest absolute Gasteiger partial charge is 0.258 e. The van der Waals surface area contributed by atoms with Crippen LogP contribution < -0.4 is 0 Å². The molecule has 0 aromatic heterocycles. The van der Waals surface area contributed by atoms with Gasteiger partial charge in [0, 0.05) is 12.1 Å². The topological polar surface area (TPSA) is 86.3 Å². The lowest BCUT2D eigenvalue weighted by atomic mass is 9.97. The van der Waals surface area contributed by atoms with E-state index < -0.39 is 32.9 Å². The predicted molar refractivity (Wildman–Crippen MR) is 92.1 cm³/mol. The first kappa shape index (κ1) is 19.4. The fraction of sp³-hybridized carbons (Fsp3) is 0.333. The van der Waals surface area contributed by atoms with Gasteiger partial charge in [0.05, 0.1) is 9.85 Å². The zero-order valence-electron chi connectivity index (χ0n) is 14.2. The molecule has 1 aliphatic rings. The van der Waals surface area contributed by atoms with E-state index in [-0.39, 0.29) is 0 Å². The minimum Gasteiger partial charge on any atom is -0.258 e. The van der Waals surface area contributed by atoms with Crippen molar-refractivity contribution in [2.24, 2.45) is 0 Å². The summed E-state index contributed by atoms with van der Waals surface area (Å²) in [7, 11) is 0. The van der Waals surface area contributed by atoms with Gasteiger partial charge in [-0.05, 0) is 48.9 Å². The highest BCUT2D eigenvalue weighted by Gasteiger charge is 2.20. The first-order valence-corrected chi connectivity index (χ1v) is 8.14. The number of hydrogen-bond acceptors (Lipinski definition) is 4. The molecule has 138 valence electrons. The van der Waals surface area contributed by atoms with Gasteiger partial charge >= 0.3 is 11.4 Å². The molecule has 0 aliphatic heterocycles. The fourth-order valence-electron chi connectivity index (χ4n) is 2.94. The van der Waals surface area contributed by atoms with Crippen molar-refractivity contribution in [1.82, 2.24) is 0 Å². The quantitative estimate of drug-likeness (QED) is 0.536. The first-order chi connectivity index (χ1) is 12.3. The minimum absolute atomic E-state index is 0.389. The normalized spacial score (nSPS) is 13.8. The van der Waals surface area contributed by atoms with Gasteiger partial charge in [0.25, 0.3) is 0 Å². The van der Waals surface area contributed by atoms with Crippen molar-refractivity contribution in [1.29, 1.82) is 0 Å². The average Bonchev–Trinajstić information content (AvgIpc) is 3.09. The summed E-state index contributed by atoms with van der Waals surface area (Å²) in [6.07, 6.45) is 4.47. The second kappa shape index (κ2) is 8.46. The Hall–Kier alpha value is -2.90. The van der Waals surface area contributed by atoms with Crippen molar-refractivity contribution >= 4 is 11.4 Å². The van der Waals surface area contributed by atoms with E-state index in [4.69, 9.17) is 0 Å². The summed E-state index contributed by atoms with van der Waals surface area (Å²) < 4.78 is 26.0. The lowest BCUT2D eigenvalue weighted by molar-refractivity contribution is -0.387. The van der Waals surface area contributed by atoms with Gasteiger partial charge in [-0.1, -0.05) is 25.0 Å². The molecule has 0 atom stereocenters. The molecule has 0 unspecified atom stereocenters. The molecule has 0 bridgehead atoms. The number of nitro groups is 2. The van der Waals surface area contributed by atoms with Gasteiger partial charge < -0.3 is 0 Å². The molecule has 0 amide bonds. The molecule has 0 radical (unpaired) electrons. The molecule has 2 aromatic carbocycles. The number of nitrogens with zero attached hydrogens (tertiary/aromatic N) is 2. The highest BCUT2D eigenvalue weighted by atomic mass is 19.1. The minimum atomic E-state index is -0.782. The molecule has 26 heavy (non-hydrogen) atoms. The lowest BCUT2D eigenvalue weighted by Crippen LogP contribution is -1.97. The van der Waals surface area contributed by atoms with Crippen molar-refractivity contribution in [2.75, 3.05) is 0 Å². The summed E-state index contributed by atoms with van der Waals surface area (Å²) in [6, 6.07) is 8.05. The van der Waals surface area contributed by atoms with E-state index in [1.54, 1.807) is 13.0 Å². The molecule has 1 aliphatic carbocycles. The largest absolute Gasteiger partial charge is 0.304 e. The maximum atomic E-state index is 13.3. The Morgan fingerprint density at radius 2 is 1.38 bits per heavy atom. The fourth-order valence-corrected chi connectivity index (χ4v) is 2.94. The Morgan fingerprint density at radius 1 is 0.885 bits per heavy atom. The Kier molecular flexibility index (Phi) is 6.32. The zero-order chi connectivity index (χ0) is 19.3. The van der Waals surface area contributed by atoms with E-state index in [0.29, 0.717) is 11.5 Å². The first-order valence-electron chi connectivity index (χ1n) is 8.14. The predicted octanol–water partition coefficient (Wildman–Crippen LogP) is 5.43. The van der Waals surface area contributed by atoms with Crippen molar-refractivity contribution in [3.8, 4) is 0 Å². The third-order valence-corrected chi connectivity index (χ3v) is 4.29. The van der Waals surface area contributed by atoms with E-state index >= 15 is 0 Å². The molecule has 0 saturated heterocycles. The van der Waals surface area contributed by atoms with E-state index in [9.17, 15) is 29.0 Å². The van der Waals surface area contributed by atoms with Gasteiger partial charge in [0.15, 0.2) is 0 Å². The van der Waals surface area contributed by atoms with Crippen LogP contribution in [0, 0.1) is 38.8 Å². The van der Waals surface area contributed by atoms with Crippen LogP contribution in [0.15, 0.2) is 36.4 Å². The molecular weight excluding hydrogens is 346 g/mol. The van der Waals surface area contributed by atoms with Crippen LogP contribution in [0.1, 0.15) is 42.7 Å². The molecule has 3 rings (SSSR count). The van der Waals surface area contributed by atoms with E-state index in [2.05, 4.69) is 0 Å². The van der Waals surface area contributed by atoms with Crippen molar-refractivity contribution in [3.63, 3.8) is 0 Å². The van der Waals surface area contributed by atoms with Crippen LogP contribution in [0.3, 0.4) is 0 Å². The average molecular weight is 364 g/mol. The number of aryl methyl sites for hydroxylation is 1. The molecule has 1 saturated carbocycles. The van der Waals surface area contributed by atoms with Crippen LogP contribution in [0.5, 0.6) is 0 Å². The third kappa shape index (κ3) is 4.81. The molecule has 0 heterocycles. The van der Waals surface area contributed by atoms with Gasteiger partial charge in [0.1, 0.15) is 0 Å². The standard InChI is InChI=1S/C11H12FNO2.C7H6FNO2/c12-10-7-9(8-3-1-2-4-8)5-6-11(10)13(14)15;1-5-2-3-7(9(10)11)6(8)4-5/h5-8H,1-4H2;2-4H,1H3. The Labute approximate surface area is 148 Å². The van der Waals surface area contributed by atoms with E-state index in [1.165, 1.54) is 31.0 Å². The number of benzene rings is 2. The monoisotopic (exact) mass is 364 g/mol. The van der Waals surface area contributed by atoms with Gasteiger partial charge in [-0.25, -0.2) is 0 Å². The number of rotatable bonds is 3. The van der Waals surface area contributed by atoms with Crippen LogP contribution in [-0.2, 0) is 0 Å². The molecule has 6 nitrogen and oxygen atoms in total. The highest BCUT2D eigenvalue weighted by molar-refractivity contribution is 5.36. The maximum Gasteiger partial charge on any atom is 0.304 e. The van der Waals surface area contributed by atoms with Gasteiger partial charge in [-0.2, -0.15) is 8.78 Å². The van der Waals surface area contributed by atoms with Crippen molar-refractivity contribution < 1.29 is 18.6 Å². The van der Waals surface area contributed by atoms with Gasteiger partial charge in [-0.3, -0.25) is 20.2 Å².